The van der Waals surface area contributed by atoms with Gasteiger partial charge >= 0.3 is 0 Å². The molecule has 0 aliphatic heterocycles. The molecule has 0 aromatic heterocycles. The van der Waals surface area contributed by atoms with Crippen molar-refractivity contribution in [1.82, 2.24) is 0 Å². The van der Waals surface area contributed by atoms with Gasteiger partial charge in [0, 0.05) is 14.7 Å². The van der Waals surface area contributed by atoms with Crippen LogP contribution in [0.3, 0.4) is 0 Å². The summed E-state index contributed by atoms with van der Waals surface area (Å²) in [6, 6.07) is 34.6. The van der Waals surface area contributed by atoms with Crippen LogP contribution in [0, 0.1) is 0 Å². The van der Waals surface area contributed by atoms with Gasteiger partial charge in [0.25, 0.3) is 0 Å². The molecule has 0 amide bonds. The predicted octanol–water partition coefficient (Wildman–Crippen LogP) is 7.79. The van der Waals surface area contributed by atoms with E-state index in [1.165, 1.54) is 14.7 Å². The number of benzene rings is 4. The minimum Gasteiger partial charge on any atom is -0.497 e. The van der Waals surface area contributed by atoms with E-state index in [-0.39, 0.29) is 0 Å². The highest BCUT2D eigenvalue weighted by atomic mass is 32.2. The first-order valence-corrected chi connectivity index (χ1v) is 10.9. The predicted molar refractivity (Wildman–Crippen MR) is 121 cm³/mol. The van der Waals surface area contributed by atoms with Gasteiger partial charge in [-0.1, -0.05) is 66.0 Å². The summed E-state index contributed by atoms with van der Waals surface area (Å²) in [6.07, 6.45) is 0. The second-order valence-corrected chi connectivity index (χ2v) is 8.39. The summed E-state index contributed by atoms with van der Waals surface area (Å²) in [5.74, 6) is 2.55. The largest absolute Gasteiger partial charge is 0.497 e. The molecule has 0 aliphatic carbocycles. The molecule has 0 saturated carbocycles. The monoisotopic (exact) mass is 416 g/mol. The molecule has 0 spiro atoms. The lowest BCUT2D eigenvalue weighted by molar-refractivity contribution is 0.414. The van der Waals surface area contributed by atoms with Crippen LogP contribution >= 0.6 is 23.5 Å². The topological polar surface area (TPSA) is 18.5 Å². The fourth-order valence-electron chi connectivity index (χ4n) is 2.74. The zero-order valence-electron chi connectivity index (χ0n) is 15.9. The van der Waals surface area contributed by atoms with Gasteiger partial charge in [0.2, 0.25) is 0 Å². The Labute approximate surface area is 179 Å². The zero-order valence-corrected chi connectivity index (χ0v) is 17.6. The van der Waals surface area contributed by atoms with Crippen molar-refractivity contribution in [2.45, 2.75) is 19.6 Å². The number of para-hydroxylation sites is 2. The molecular formula is C25H20O2S2. The maximum absolute atomic E-state index is 6.12. The van der Waals surface area contributed by atoms with Crippen LogP contribution in [0.1, 0.15) is 0 Å². The molecule has 0 aliphatic rings. The van der Waals surface area contributed by atoms with Crippen molar-refractivity contribution in [2.24, 2.45) is 0 Å². The molecule has 29 heavy (non-hydrogen) atoms. The van der Waals surface area contributed by atoms with Gasteiger partial charge in [-0.15, -0.1) is 0 Å². The van der Waals surface area contributed by atoms with Crippen LogP contribution in [0.25, 0.3) is 0 Å². The van der Waals surface area contributed by atoms with E-state index in [2.05, 4.69) is 42.5 Å². The van der Waals surface area contributed by atoms with Crippen LogP contribution in [0.5, 0.6) is 17.2 Å². The molecule has 0 atom stereocenters. The normalized spacial score (nSPS) is 10.5. The number of rotatable bonds is 7. The van der Waals surface area contributed by atoms with E-state index in [0.29, 0.717) is 0 Å². The summed E-state index contributed by atoms with van der Waals surface area (Å²) in [5.41, 5.74) is 0. The zero-order chi connectivity index (χ0) is 19.9. The molecule has 0 fully saturated rings. The molecule has 4 rings (SSSR count). The standard InChI is InChI=1S/C25H20O2S2/c1-26-19-15-17-21(18-16-19)28-24-13-7-8-14-25(24)29-23-12-6-5-11-22(23)27-20-9-3-2-4-10-20/h2-18H,1H3. The SMILES string of the molecule is COc1ccc(Sc2ccccc2Sc2ccccc2Oc2ccccc2)cc1. The Hall–Kier alpha value is -2.82. The van der Waals surface area contributed by atoms with Crippen molar-refractivity contribution in [3.05, 3.63) is 103 Å². The lowest BCUT2D eigenvalue weighted by atomic mass is 10.3. The summed E-state index contributed by atoms with van der Waals surface area (Å²) < 4.78 is 11.4. The Kier molecular flexibility index (Phi) is 6.45. The first-order valence-electron chi connectivity index (χ1n) is 9.22. The number of hydrogen-bond donors (Lipinski definition) is 0. The summed E-state index contributed by atoms with van der Waals surface area (Å²) in [7, 11) is 1.68. The van der Waals surface area contributed by atoms with Gasteiger partial charge in [0.1, 0.15) is 17.2 Å². The first-order chi connectivity index (χ1) is 14.3. The van der Waals surface area contributed by atoms with Crippen molar-refractivity contribution in [3.8, 4) is 17.2 Å². The average molecular weight is 417 g/mol. The van der Waals surface area contributed by atoms with Crippen molar-refractivity contribution in [2.75, 3.05) is 7.11 Å². The van der Waals surface area contributed by atoms with Crippen molar-refractivity contribution in [1.29, 1.82) is 0 Å². The van der Waals surface area contributed by atoms with Gasteiger partial charge in [0.15, 0.2) is 0 Å². The first kappa shape index (κ1) is 19.5. The summed E-state index contributed by atoms with van der Waals surface area (Å²) in [4.78, 5) is 4.65. The van der Waals surface area contributed by atoms with Crippen molar-refractivity contribution < 1.29 is 9.47 Å². The molecular weight excluding hydrogens is 396 g/mol. The van der Waals surface area contributed by atoms with Crippen LogP contribution in [-0.4, -0.2) is 7.11 Å². The van der Waals surface area contributed by atoms with Gasteiger partial charge in [-0.25, -0.2) is 0 Å². The van der Waals surface area contributed by atoms with E-state index in [9.17, 15) is 0 Å². The molecule has 0 N–H and O–H groups in total. The minimum absolute atomic E-state index is 0.835. The van der Waals surface area contributed by atoms with Crippen molar-refractivity contribution >= 4 is 23.5 Å². The van der Waals surface area contributed by atoms with Gasteiger partial charge in [-0.05, 0) is 60.7 Å². The highest BCUT2D eigenvalue weighted by molar-refractivity contribution is 8.02. The third-order valence-electron chi connectivity index (χ3n) is 4.18. The molecule has 0 radical (unpaired) electrons. The summed E-state index contributed by atoms with van der Waals surface area (Å²) in [6.45, 7) is 0. The van der Waals surface area contributed by atoms with Crippen molar-refractivity contribution in [3.63, 3.8) is 0 Å². The van der Waals surface area contributed by atoms with E-state index < -0.39 is 0 Å². The number of ether oxygens (including phenoxy) is 2. The lowest BCUT2D eigenvalue weighted by Crippen LogP contribution is -1.87. The third kappa shape index (κ3) is 5.17. The molecule has 2 nitrogen and oxygen atoms in total. The quantitative estimate of drug-likeness (QED) is 0.306. The Bertz CT molecular complexity index is 1060. The number of hydrogen-bond acceptors (Lipinski definition) is 4. The highest BCUT2D eigenvalue weighted by Crippen LogP contribution is 2.42. The molecule has 0 bridgehead atoms. The van der Waals surface area contributed by atoms with Crippen LogP contribution in [0.15, 0.2) is 123 Å². The maximum Gasteiger partial charge on any atom is 0.141 e. The van der Waals surface area contributed by atoms with E-state index in [1.807, 2.05) is 60.7 Å². The molecule has 0 heterocycles. The fraction of sp³-hybridized carbons (Fsp3) is 0.0400. The minimum atomic E-state index is 0.835. The maximum atomic E-state index is 6.12. The molecule has 0 saturated heterocycles. The second kappa shape index (κ2) is 9.59. The third-order valence-corrected chi connectivity index (χ3v) is 6.52. The van der Waals surface area contributed by atoms with Gasteiger partial charge in [-0.3, -0.25) is 0 Å². The lowest BCUT2D eigenvalue weighted by Gasteiger charge is -2.13. The highest BCUT2D eigenvalue weighted by Gasteiger charge is 2.10. The molecule has 144 valence electrons. The van der Waals surface area contributed by atoms with Crippen LogP contribution in [0.2, 0.25) is 0 Å². The van der Waals surface area contributed by atoms with E-state index >= 15 is 0 Å². The fourth-order valence-corrected chi connectivity index (χ4v) is 4.74. The Balaban J connectivity index is 1.57. The number of methoxy groups -OCH3 is 1. The molecule has 4 aromatic rings. The van der Waals surface area contributed by atoms with E-state index in [1.54, 1.807) is 30.6 Å². The summed E-state index contributed by atoms with van der Waals surface area (Å²) in [5, 5.41) is 0. The molecule has 4 aromatic carbocycles. The van der Waals surface area contributed by atoms with Gasteiger partial charge in [0.05, 0.1) is 12.0 Å². The van der Waals surface area contributed by atoms with Gasteiger partial charge < -0.3 is 9.47 Å². The second-order valence-electron chi connectivity index (χ2n) is 6.19. The Morgan fingerprint density at radius 2 is 1.10 bits per heavy atom. The van der Waals surface area contributed by atoms with Crippen LogP contribution in [0.4, 0.5) is 0 Å². The Morgan fingerprint density at radius 1 is 0.517 bits per heavy atom. The average Bonchev–Trinajstić information content (AvgIpc) is 2.78. The van der Waals surface area contributed by atoms with Crippen LogP contribution < -0.4 is 9.47 Å². The smallest absolute Gasteiger partial charge is 0.141 e. The summed E-state index contributed by atoms with van der Waals surface area (Å²) >= 11 is 3.46. The van der Waals surface area contributed by atoms with E-state index in [0.717, 1.165) is 22.1 Å². The molecule has 0 unspecified atom stereocenters. The van der Waals surface area contributed by atoms with Crippen LogP contribution in [-0.2, 0) is 0 Å². The van der Waals surface area contributed by atoms with Gasteiger partial charge in [-0.2, -0.15) is 0 Å². The molecule has 4 heteroatoms. The Morgan fingerprint density at radius 3 is 1.79 bits per heavy atom. The van der Waals surface area contributed by atoms with E-state index in [4.69, 9.17) is 9.47 Å².